The number of ether oxygens (including phenoxy) is 1. The third-order valence-corrected chi connectivity index (χ3v) is 4.44. The highest BCUT2D eigenvalue weighted by atomic mass is 16.5. The summed E-state index contributed by atoms with van der Waals surface area (Å²) in [6.07, 6.45) is 0.168. The van der Waals surface area contributed by atoms with Gasteiger partial charge < -0.3 is 15.4 Å². The van der Waals surface area contributed by atoms with Gasteiger partial charge in [-0.05, 0) is 42.3 Å². The lowest BCUT2D eigenvalue weighted by molar-refractivity contribution is -0.124. The maximum absolute atomic E-state index is 12.7. The summed E-state index contributed by atoms with van der Waals surface area (Å²) >= 11 is 0. The molecule has 6 nitrogen and oxygen atoms in total. The largest absolute Gasteiger partial charge is 0.452 e. The first-order chi connectivity index (χ1) is 14.4. The maximum atomic E-state index is 12.7. The van der Waals surface area contributed by atoms with Crippen LogP contribution in [0.25, 0.3) is 10.8 Å². The van der Waals surface area contributed by atoms with Crippen LogP contribution in [0.5, 0.6) is 0 Å². The van der Waals surface area contributed by atoms with E-state index < -0.39 is 5.97 Å². The number of para-hydroxylation sites is 1. The van der Waals surface area contributed by atoms with Crippen LogP contribution in [0.1, 0.15) is 29.8 Å². The summed E-state index contributed by atoms with van der Waals surface area (Å²) in [7, 11) is 0. The summed E-state index contributed by atoms with van der Waals surface area (Å²) < 4.78 is 5.09. The highest BCUT2D eigenvalue weighted by Crippen LogP contribution is 2.21. The van der Waals surface area contributed by atoms with E-state index in [2.05, 4.69) is 10.6 Å². The van der Waals surface area contributed by atoms with Crippen molar-refractivity contribution in [1.82, 2.24) is 5.32 Å². The van der Waals surface area contributed by atoms with Gasteiger partial charge in [0, 0.05) is 6.04 Å². The van der Waals surface area contributed by atoms with Crippen molar-refractivity contribution in [2.24, 2.45) is 0 Å². The Labute approximate surface area is 175 Å². The minimum absolute atomic E-state index is 0.0446. The first kappa shape index (κ1) is 21.0. The van der Waals surface area contributed by atoms with Crippen LogP contribution in [-0.4, -0.2) is 30.4 Å². The van der Waals surface area contributed by atoms with Crippen molar-refractivity contribution in [3.8, 4) is 0 Å². The van der Waals surface area contributed by atoms with Crippen LogP contribution in [0.15, 0.2) is 66.7 Å². The van der Waals surface area contributed by atoms with Crippen LogP contribution in [0, 0.1) is 0 Å². The Hall–Kier alpha value is -3.67. The number of amides is 2. The monoisotopic (exact) mass is 404 g/mol. The molecule has 0 spiro atoms. The Bertz CT molecular complexity index is 1070. The van der Waals surface area contributed by atoms with Crippen molar-refractivity contribution < 1.29 is 19.1 Å². The van der Waals surface area contributed by atoms with Gasteiger partial charge in [-0.3, -0.25) is 9.59 Å². The van der Waals surface area contributed by atoms with Gasteiger partial charge in [-0.25, -0.2) is 4.79 Å². The summed E-state index contributed by atoms with van der Waals surface area (Å²) in [6.45, 7) is 3.26. The number of rotatable bonds is 7. The number of nitrogens with one attached hydrogen (secondary N) is 2. The number of carbonyl (C=O) groups excluding carboxylic acids is 3. The van der Waals surface area contributed by atoms with Crippen molar-refractivity contribution >= 4 is 34.2 Å². The molecule has 3 aromatic rings. The van der Waals surface area contributed by atoms with E-state index in [-0.39, 0.29) is 36.4 Å². The Balaban J connectivity index is 1.69. The zero-order valence-electron chi connectivity index (χ0n) is 17.0. The molecule has 0 heterocycles. The molecule has 0 saturated heterocycles. The second-order valence-corrected chi connectivity index (χ2v) is 7.21. The van der Waals surface area contributed by atoms with Crippen molar-refractivity contribution in [3.63, 3.8) is 0 Å². The fourth-order valence-corrected chi connectivity index (χ4v) is 3.16. The van der Waals surface area contributed by atoms with E-state index in [0.29, 0.717) is 5.69 Å². The fourth-order valence-electron chi connectivity index (χ4n) is 3.16. The molecule has 0 aliphatic rings. The van der Waals surface area contributed by atoms with Crippen LogP contribution >= 0.6 is 0 Å². The highest BCUT2D eigenvalue weighted by molar-refractivity contribution is 6.03. The molecule has 0 saturated carbocycles. The van der Waals surface area contributed by atoms with Crippen molar-refractivity contribution in [2.75, 3.05) is 11.9 Å². The summed E-state index contributed by atoms with van der Waals surface area (Å²) in [5, 5.41) is 7.51. The molecule has 2 amide bonds. The standard InChI is InChI=1S/C24H24N2O4/c1-16(2)25-23(28)15-30-24(29)20-12-5-6-13-21(20)26-22(27)14-18-10-7-9-17-8-3-4-11-19(17)18/h3-13,16H,14-15H2,1-2H3,(H,25,28)(H,26,27). The van der Waals surface area contributed by atoms with Crippen LogP contribution < -0.4 is 10.6 Å². The van der Waals surface area contributed by atoms with Crippen LogP contribution in [0.2, 0.25) is 0 Å². The molecule has 154 valence electrons. The average Bonchev–Trinajstić information content (AvgIpc) is 2.72. The van der Waals surface area contributed by atoms with Crippen LogP contribution in [-0.2, 0) is 20.7 Å². The molecular formula is C24H24N2O4. The molecule has 0 unspecified atom stereocenters. The van der Waals surface area contributed by atoms with Gasteiger partial charge in [-0.2, -0.15) is 0 Å². The molecule has 6 heteroatoms. The maximum Gasteiger partial charge on any atom is 0.340 e. The number of fused-ring (bicyclic) bond motifs is 1. The first-order valence-electron chi connectivity index (χ1n) is 9.76. The molecule has 0 aromatic heterocycles. The van der Waals surface area contributed by atoms with Gasteiger partial charge in [-0.15, -0.1) is 0 Å². The second-order valence-electron chi connectivity index (χ2n) is 7.21. The molecular weight excluding hydrogens is 380 g/mol. The lowest BCUT2D eigenvalue weighted by atomic mass is 10.0. The number of benzene rings is 3. The van der Waals surface area contributed by atoms with E-state index in [9.17, 15) is 14.4 Å². The lowest BCUT2D eigenvalue weighted by Gasteiger charge is -2.12. The SMILES string of the molecule is CC(C)NC(=O)COC(=O)c1ccccc1NC(=O)Cc1cccc2ccccc12. The Morgan fingerprint density at radius 1 is 0.867 bits per heavy atom. The molecule has 3 aromatic carbocycles. The number of esters is 1. The normalized spacial score (nSPS) is 10.6. The number of carbonyl (C=O) groups is 3. The molecule has 0 aliphatic carbocycles. The topological polar surface area (TPSA) is 84.5 Å². The van der Waals surface area contributed by atoms with Gasteiger partial charge in [0.15, 0.2) is 6.61 Å². The Morgan fingerprint density at radius 2 is 1.57 bits per heavy atom. The van der Waals surface area contributed by atoms with Gasteiger partial charge in [0.2, 0.25) is 5.91 Å². The molecule has 0 radical (unpaired) electrons. The van der Waals surface area contributed by atoms with Crippen molar-refractivity contribution in [3.05, 3.63) is 77.9 Å². The quantitative estimate of drug-likeness (QED) is 0.588. The summed E-state index contributed by atoms with van der Waals surface area (Å²) in [5.74, 6) is -1.30. The third kappa shape index (κ3) is 5.44. The van der Waals surface area contributed by atoms with Crippen molar-refractivity contribution in [1.29, 1.82) is 0 Å². The molecule has 0 fully saturated rings. The van der Waals surface area contributed by atoms with Crippen molar-refractivity contribution in [2.45, 2.75) is 26.3 Å². The first-order valence-corrected chi connectivity index (χ1v) is 9.76. The average molecular weight is 404 g/mol. The predicted molar refractivity (Wildman–Crippen MR) is 116 cm³/mol. The highest BCUT2D eigenvalue weighted by Gasteiger charge is 2.16. The lowest BCUT2D eigenvalue weighted by Crippen LogP contribution is -2.34. The van der Waals surface area contributed by atoms with E-state index in [0.717, 1.165) is 16.3 Å². The summed E-state index contributed by atoms with van der Waals surface area (Å²) in [5.41, 5.74) is 1.44. The molecule has 3 rings (SSSR count). The molecule has 0 atom stereocenters. The minimum Gasteiger partial charge on any atom is -0.452 e. The van der Waals surface area contributed by atoms with Gasteiger partial charge in [0.25, 0.3) is 5.91 Å². The molecule has 30 heavy (non-hydrogen) atoms. The second kappa shape index (κ2) is 9.69. The van der Waals surface area contributed by atoms with Gasteiger partial charge in [0.05, 0.1) is 17.7 Å². The van der Waals surface area contributed by atoms with E-state index in [4.69, 9.17) is 4.74 Å². The summed E-state index contributed by atoms with van der Waals surface area (Å²) in [6, 6.07) is 20.2. The minimum atomic E-state index is -0.671. The smallest absolute Gasteiger partial charge is 0.340 e. The van der Waals surface area contributed by atoms with Crippen LogP contribution in [0.4, 0.5) is 5.69 Å². The fraction of sp³-hybridized carbons (Fsp3) is 0.208. The van der Waals surface area contributed by atoms with E-state index in [1.165, 1.54) is 0 Å². The van der Waals surface area contributed by atoms with Crippen LogP contribution in [0.3, 0.4) is 0 Å². The van der Waals surface area contributed by atoms with E-state index >= 15 is 0 Å². The van der Waals surface area contributed by atoms with Gasteiger partial charge in [-0.1, -0.05) is 54.6 Å². The van der Waals surface area contributed by atoms with Gasteiger partial charge >= 0.3 is 5.97 Å². The van der Waals surface area contributed by atoms with Gasteiger partial charge in [0.1, 0.15) is 0 Å². The molecule has 0 aliphatic heterocycles. The zero-order valence-corrected chi connectivity index (χ0v) is 17.0. The number of hydrogen-bond acceptors (Lipinski definition) is 4. The Morgan fingerprint density at radius 3 is 2.37 bits per heavy atom. The molecule has 2 N–H and O–H groups in total. The third-order valence-electron chi connectivity index (χ3n) is 4.44. The molecule has 0 bridgehead atoms. The zero-order chi connectivity index (χ0) is 21.5. The summed E-state index contributed by atoms with van der Waals surface area (Å²) in [4.78, 5) is 36.8. The van der Waals surface area contributed by atoms with E-state index in [1.54, 1.807) is 24.3 Å². The van der Waals surface area contributed by atoms with E-state index in [1.807, 2.05) is 56.3 Å². The number of hydrogen-bond donors (Lipinski definition) is 2. The number of anilines is 1. The predicted octanol–water partition coefficient (Wildman–Crippen LogP) is 3.70. The Kier molecular flexibility index (Phi) is 6.80.